The number of aromatic nitrogens is 2. The standard InChI is InChI=1S/C23H21ClN4O6/c1-23(34,22(32)33)12-28(27-20(29)18-10-19(21(30)31)26-13-25-18)11-14-5-7-15(8-6-14)16-3-2-4-17(24)9-16/h2-10,13,34H,11-12H2,1H3,(H,27,29)(H,30,31)(H,32,33)/t23-/m1/s1. The molecular weight excluding hydrogens is 464 g/mol. The second kappa shape index (κ2) is 10.4. The van der Waals surface area contributed by atoms with Crippen LogP contribution in [0.2, 0.25) is 5.02 Å². The van der Waals surface area contributed by atoms with Crippen molar-refractivity contribution in [2.75, 3.05) is 6.54 Å². The van der Waals surface area contributed by atoms with Crippen molar-refractivity contribution in [1.29, 1.82) is 0 Å². The number of carbonyl (C=O) groups is 3. The van der Waals surface area contributed by atoms with Gasteiger partial charge in [0.25, 0.3) is 5.91 Å². The predicted octanol–water partition coefficient (Wildman–Crippen LogP) is 2.48. The summed E-state index contributed by atoms with van der Waals surface area (Å²) in [4.78, 5) is 42.5. The summed E-state index contributed by atoms with van der Waals surface area (Å²) in [6.07, 6.45) is 0.935. The number of amides is 1. The number of halogens is 1. The van der Waals surface area contributed by atoms with Crippen LogP contribution < -0.4 is 5.43 Å². The van der Waals surface area contributed by atoms with Crippen LogP contribution in [0.25, 0.3) is 11.1 Å². The van der Waals surface area contributed by atoms with Crippen molar-refractivity contribution in [2.24, 2.45) is 0 Å². The molecule has 3 aromatic rings. The van der Waals surface area contributed by atoms with E-state index in [9.17, 15) is 24.6 Å². The minimum Gasteiger partial charge on any atom is -0.479 e. The van der Waals surface area contributed by atoms with Crippen LogP contribution in [0.1, 0.15) is 33.5 Å². The van der Waals surface area contributed by atoms with Crippen LogP contribution in [0, 0.1) is 0 Å². The first-order valence-electron chi connectivity index (χ1n) is 9.97. The number of aliphatic carboxylic acids is 1. The molecule has 11 heteroatoms. The Morgan fingerprint density at radius 3 is 2.29 bits per heavy atom. The highest BCUT2D eigenvalue weighted by Crippen LogP contribution is 2.23. The molecule has 2 aromatic carbocycles. The first-order valence-corrected chi connectivity index (χ1v) is 10.3. The number of hydrogen-bond acceptors (Lipinski definition) is 7. The maximum atomic E-state index is 12.7. The Kier molecular flexibility index (Phi) is 7.57. The number of carbonyl (C=O) groups excluding carboxylic acids is 1. The topological polar surface area (TPSA) is 153 Å². The number of rotatable bonds is 9. The van der Waals surface area contributed by atoms with Crippen LogP contribution in [0.3, 0.4) is 0 Å². The van der Waals surface area contributed by atoms with Gasteiger partial charge in [-0.15, -0.1) is 0 Å². The molecule has 0 aliphatic heterocycles. The van der Waals surface area contributed by atoms with Gasteiger partial charge in [0.2, 0.25) is 0 Å². The van der Waals surface area contributed by atoms with Crippen molar-refractivity contribution >= 4 is 29.4 Å². The number of aliphatic hydroxyl groups is 1. The Bertz CT molecular complexity index is 1220. The maximum absolute atomic E-state index is 12.7. The van der Waals surface area contributed by atoms with Gasteiger partial charge in [-0.1, -0.05) is 48.0 Å². The third-order valence-electron chi connectivity index (χ3n) is 4.82. The van der Waals surface area contributed by atoms with Gasteiger partial charge < -0.3 is 15.3 Å². The average molecular weight is 485 g/mol. The summed E-state index contributed by atoms with van der Waals surface area (Å²) in [7, 11) is 0. The minimum atomic E-state index is -2.17. The third-order valence-corrected chi connectivity index (χ3v) is 5.06. The van der Waals surface area contributed by atoms with Crippen LogP contribution in [0.5, 0.6) is 0 Å². The predicted molar refractivity (Wildman–Crippen MR) is 122 cm³/mol. The van der Waals surface area contributed by atoms with Gasteiger partial charge in [-0.05, 0) is 35.7 Å². The number of nitrogens with zero attached hydrogens (tertiary/aromatic N) is 3. The summed E-state index contributed by atoms with van der Waals surface area (Å²) >= 11 is 6.05. The molecule has 4 N–H and O–H groups in total. The van der Waals surface area contributed by atoms with Crippen molar-refractivity contribution in [2.45, 2.75) is 19.1 Å². The lowest BCUT2D eigenvalue weighted by Crippen LogP contribution is -2.52. The molecule has 10 nitrogen and oxygen atoms in total. The van der Waals surface area contributed by atoms with Gasteiger partial charge in [-0.25, -0.2) is 24.6 Å². The molecule has 0 fully saturated rings. The second-order valence-electron chi connectivity index (χ2n) is 7.68. The largest absolute Gasteiger partial charge is 0.479 e. The molecule has 1 aromatic heterocycles. The summed E-state index contributed by atoms with van der Waals surface area (Å²) in [5, 5.41) is 30.4. The van der Waals surface area contributed by atoms with Gasteiger partial charge in [0.05, 0.1) is 6.54 Å². The lowest BCUT2D eigenvalue weighted by molar-refractivity contribution is -0.159. The number of aromatic carboxylic acids is 1. The molecule has 34 heavy (non-hydrogen) atoms. The van der Waals surface area contributed by atoms with E-state index in [1.54, 1.807) is 18.2 Å². The van der Waals surface area contributed by atoms with Crippen molar-refractivity contribution in [1.82, 2.24) is 20.4 Å². The smallest absolute Gasteiger partial charge is 0.354 e. The lowest BCUT2D eigenvalue weighted by atomic mass is 10.0. The average Bonchev–Trinajstić information content (AvgIpc) is 2.79. The monoisotopic (exact) mass is 484 g/mol. The summed E-state index contributed by atoms with van der Waals surface area (Å²) < 4.78 is 0. The molecule has 0 saturated heterocycles. The van der Waals surface area contributed by atoms with Crippen LogP contribution in [-0.2, 0) is 11.3 Å². The summed E-state index contributed by atoms with van der Waals surface area (Å²) in [6, 6.07) is 15.6. The Hall–Kier alpha value is -3.86. The Labute approximate surface area is 199 Å². The van der Waals surface area contributed by atoms with E-state index in [1.807, 2.05) is 30.3 Å². The van der Waals surface area contributed by atoms with Gasteiger partial charge in [0.1, 0.15) is 12.0 Å². The van der Waals surface area contributed by atoms with E-state index in [1.165, 1.54) is 5.01 Å². The first-order chi connectivity index (χ1) is 16.0. The molecule has 1 amide bonds. The molecule has 0 unspecified atom stereocenters. The zero-order chi connectivity index (χ0) is 24.9. The highest BCUT2D eigenvalue weighted by atomic mass is 35.5. The highest BCUT2D eigenvalue weighted by molar-refractivity contribution is 6.30. The van der Waals surface area contributed by atoms with Gasteiger partial charge in [-0.3, -0.25) is 10.2 Å². The molecular formula is C23H21ClN4O6. The Balaban J connectivity index is 1.81. The number of benzene rings is 2. The molecule has 0 saturated carbocycles. The number of carboxylic acids is 2. The fraction of sp³-hybridized carbons (Fsp3) is 0.174. The number of hydrazine groups is 1. The normalized spacial score (nSPS) is 12.7. The van der Waals surface area contributed by atoms with Gasteiger partial charge in [0, 0.05) is 17.6 Å². The molecule has 0 aliphatic rings. The lowest BCUT2D eigenvalue weighted by Gasteiger charge is -2.29. The Morgan fingerprint density at radius 2 is 1.68 bits per heavy atom. The van der Waals surface area contributed by atoms with E-state index >= 15 is 0 Å². The summed E-state index contributed by atoms with van der Waals surface area (Å²) in [6.45, 7) is 0.687. The fourth-order valence-electron chi connectivity index (χ4n) is 3.06. The number of hydrogen-bond donors (Lipinski definition) is 4. The molecule has 1 atom stereocenters. The van der Waals surface area contributed by atoms with Gasteiger partial charge >= 0.3 is 11.9 Å². The molecule has 0 aliphatic carbocycles. The quantitative estimate of drug-likeness (QED) is 0.335. The first kappa shape index (κ1) is 24.8. The molecule has 3 rings (SSSR count). The van der Waals surface area contributed by atoms with Crippen LogP contribution in [0.4, 0.5) is 0 Å². The van der Waals surface area contributed by atoms with E-state index < -0.39 is 30.0 Å². The van der Waals surface area contributed by atoms with E-state index in [0.29, 0.717) is 10.6 Å². The van der Waals surface area contributed by atoms with Gasteiger partial charge in [0.15, 0.2) is 11.3 Å². The van der Waals surface area contributed by atoms with Crippen molar-refractivity contribution in [3.8, 4) is 11.1 Å². The van der Waals surface area contributed by atoms with E-state index in [4.69, 9.17) is 16.7 Å². The van der Waals surface area contributed by atoms with Crippen molar-refractivity contribution in [3.63, 3.8) is 0 Å². The number of carboxylic acid groups (broad SMARTS) is 2. The van der Waals surface area contributed by atoms with Crippen LogP contribution in [-0.4, -0.2) is 60.3 Å². The Morgan fingerprint density at radius 1 is 1.00 bits per heavy atom. The highest BCUT2D eigenvalue weighted by Gasteiger charge is 2.33. The third kappa shape index (κ3) is 6.35. The summed E-state index contributed by atoms with van der Waals surface area (Å²) in [5.41, 5.74) is 2.23. The van der Waals surface area contributed by atoms with Crippen molar-refractivity contribution in [3.05, 3.63) is 82.9 Å². The number of nitrogens with one attached hydrogen (secondary N) is 1. The summed E-state index contributed by atoms with van der Waals surface area (Å²) in [5.74, 6) is -3.60. The minimum absolute atomic E-state index is 0.0435. The van der Waals surface area contributed by atoms with Crippen LogP contribution in [0.15, 0.2) is 60.9 Å². The van der Waals surface area contributed by atoms with E-state index in [-0.39, 0.29) is 17.9 Å². The fourth-order valence-corrected chi connectivity index (χ4v) is 3.25. The molecule has 0 spiro atoms. The molecule has 0 radical (unpaired) electrons. The SMILES string of the molecule is C[C@@](O)(CN(Cc1ccc(-c2cccc(Cl)c2)cc1)NC(=O)c1cc(C(=O)O)ncn1)C(=O)O. The zero-order valence-corrected chi connectivity index (χ0v) is 18.7. The maximum Gasteiger partial charge on any atom is 0.354 e. The molecule has 0 bridgehead atoms. The molecule has 176 valence electrons. The second-order valence-corrected chi connectivity index (χ2v) is 8.11. The van der Waals surface area contributed by atoms with Crippen molar-refractivity contribution < 1.29 is 29.7 Å². The molecule has 1 heterocycles. The van der Waals surface area contributed by atoms with Crippen LogP contribution >= 0.6 is 11.6 Å². The zero-order valence-electron chi connectivity index (χ0n) is 18.0. The van der Waals surface area contributed by atoms with E-state index in [2.05, 4.69) is 15.4 Å². The van der Waals surface area contributed by atoms with E-state index in [0.717, 1.165) is 30.4 Å². The van der Waals surface area contributed by atoms with Gasteiger partial charge in [-0.2, -0.15) is 0 Å².